The molecule has 1 atom stereocenters. The molecule has 0 bridgehead atoms. The second-order valence-corrected chi connectivity index (χ2v) is 6.47. The number of anilines is 2. The summed E-state index contributed by atoms with van der Waals surface area (Å²) in [6, 6.07) is 8.99. The van der Waals surface area contributed by atoms with Crippen LogP contribution < -0.4 is 10.6 Å². The first-order valence-electron chi connectivity index (χ1n) is 8.68. The first kappa shape index (κ1) is 17.1. The van der Waals surface area contributed by atoms with Crippen LogP contribution in [0.2, 0.25) is 0 Å². The zero-order valence-electron chi connectivity index (χ0n) is 14.5. The molecular weight excluding hydrogens is 318 g/mol. The van der Waals surface area contributed by atoms with Gasteiger partial charge in [-0.05, 0) is 26.2 Å². The number of rotatable bonds is 8. The highest BCUT2D eigenvalue weighted by atomic mass is 16.6. The lowest BCUT2D eigenvalue weighted by molar-refractivity contribution is -0.385. The van der Waals surface area contributed by atoms with Crippen LogP contribution in [0.4, 0.5) is 17.5 Å². The van der Waals surface area contributed by atoms with E-state index in [-0.39, 0.29) is 16.7 Å². The number of nitrogens with one attached hydrogen (secondary N) is 2. The summed E-state index contributed by atoms with van der Waals surface area (Å²) in [7, 11) is 0. The number of benzene rings is 1. The van der Waals surface area contributed by atoms with Gasteiger partial charge in [-0.3, -0.25) is 10.1 Å². The average Bonchev–Trinajstić information content (AvgIpc) is 3.45. The standard InChI is InChI=1S/C18H23N5O2/c1-3-12(2)20-18-21-15(13-8-9-13)10-17(22-18)19-11-14-6-4-5-7-16(14)23(24)25/h4-7,10,12-13H,3,8-9,11H2,1-2H3,(H2,19,20,21,22)/t12-/m0/s1. The normalized spacial score (nSPS) is 14.8. The second-order valence-electron chi connectivity index (χ2n) is 6.47. The summed E-state index contributed by atoms with van der Waals surface area (Å²) in [5, 5.41) is 17.7. The molecular formula is C18H23N5O2. The van der Waals surface area contributed by atoms with E-state index in [0.717, 1.165) is 25.0 Å². The fraction of sp³-hybridized carbons (Fsp3) is 0.444. The van der Waals surface area contributed by atoms with Gasteiger partial charge in [-0.1, -0.05) is 25.1 Å². The molecule has 0 amide bonds. The maximum absolute atomic E-state index is 11.1. The first-order valence-corrected chi connectivity index (χ1v) is 8.68. The van der Waals surface area contributed by atoms with Gasteiger partial charge in [0.1, 0.15) is 5.82 Å². The molecule has 0 aliphatic heterocycles. The maximum Gasteiger partial charge on any atom is 0.274 e. The molecule has 0 spiro atoms. The zero-order chi connectivity index (χ0) is 17.8. The van der Waals surface area contributed by atoms with Gasteiger partial charge in [0.25, 0.3) is 5.69 Å². The van der Waals surface area contributed by atoms with Gasteiger partial charge in [0.15, 0.2) is 0 Å². The van der Waals surface area contributed by atoms with Crippen LogP contribution in [0.25, 0.3) is 0 Å². The number of hydrogen-bond donors (Lipinski definition) is 2. The minimum Gasteiger partial charge on any atom is -0.366 e. The van der Waals surface area contributed by atoms with E-state index in [4.69, 9.17) is 0 Å². The molecule has 1 aromatic carbocycles. The molecule has 1 aliphatic carbocycles. The number of nitro benzene ring substituents is 1. The first-order chi connectivity index (χ1) is 12.1. The molecule has 1 aromatic heterocycles. The molecule has 1 heterocycles. The summed E-state index contributed by atoms with van der Waals surface area (Å²) < 4.78 is 0. The third kappa shape index (κ3) is 4.43. The van der Waals surface area contributed by atoms with Crippen molar-refractivity contribution in [2.45, 2.75) is 51.6 Å². The van der Waals surface area contributed by atoms with E-state index in [1.807, 2.05) is 6.07 Å². The number of nitrogens with zero attached hydrogens (tertiary/aromatic N) is 3. The van der Waals surface area contributed by atoms with Gasteiger partial charge in [-0.25, -0.2) is 4.98 Å². The van der Waals surface area contributed by atoms with Gasteiger partial charge < -0.3 is 10.6 Å². The van der Waals surface area contributed by atoms with Crippen LogP contribution in [-0.2, 0) is 6.54 Å². The molecule has 7 nitrogen and oxygen atoms in total. The highest BCUT2D eigenvalue weighted by Crippen LogP contribution is 2.40. The largest absolute Gasteiger partial charge is 0.366 e. The Bertz CT molecular complexity index is 761. The van der Waals surface area contributed by atoms with E-state index >= 15 is 0 Å². The predicted molar refractivity (Wildman–Crippen MR) is 97.8 cm³/mol. The molecule has 2 N–H and O–H groups in total. The second kappa shape index (κ2) is 7.46. The van der Waals surface area contributed by atoms with Crippen molar-refractivity contribution in [3.63, 3.8) is 0 Å². The smallest absolute Gasteiger partial charge is 0.274 e. The Morgan fingerprint density at radius 2 is 2.08 bits per heavy atom. The number of hydrogen-bond acceptors (Lipinski definition) is 6. The SMILES string of the molecule is CC[C@H](C)Nc1nc(NCc2ccccc2[N+](=O)[O-])cc(C2CC2)n1. The van der Waals surface area contributed by atoms with Crippen LogP contribution in [-0.4, -0.2) is 20.9 Å². The lowest BCUT2D eigenvalue weighted by Gasteiger charge is -2.14. The molecule has 0 saturated heterocycles. The van der Waals surface area contributed by atoms with Gasteiger partial charge >= 0.3 is 0 Å². The Hall–Kier alpha value is -2.70. The van der Waals surface area contributed by atoms with Gasteiger partial charge in [-0.15, -0.1) is 0 Å². The Labute approximate surface area is 147 Å². The molecule has 132 valence electrons. The summed E-state index contributed by atoms with van der Waals surface area (Å²) >= 11 is 0. The van der Waals surface area contributed by atoms with E-state index in [1.165, 1.54) is 6.07 Å². The van der Waals surface area contributed by atoms with Gasteiger partial charge in [0.05, 0.1) is 10.6 Å². The third-order valence-corrected chi connectivity index (χ3v) is 4.38. The van der Waals surface area contributed by atoms with E-state index in [2.05, 4.69) is 34.4 Å². The number of para-hydroxylation sites is 1. The van der Waals surface area contributed by atoms with Gasteiger partial charge in [-0.2, -0.15) is 4.98 Å². The topological polar surface area (TPSA) is 93.0 Å². The molecule has 0 radical (unpaired) electrons. The van der Waals surface area contributed by atoms with Crippen molar-refractivity contribution in [3.8, 4) is 0 Å². The number of nitro groups is 1. The Balaban J connectivity index is 1.78. The van der Waals surface area contributed by atoms with Crippen molar-refractivity contribution in [2.75, 3.05) is 10.6 Å². The van der Waals surface area contributed by atoms with Crippen molar-refractivity contribution in [2.24, 2.45) is 0 Å². The Morgan fingerprint density at radius 1 is 1.32 bits per heavy atom. The van der Waals surface area contributed by atoms with Crippen LogP contribution in [0.5, 0.6) is 0 Å². The van der Waals surface area contributed by atoms with E-state index in [9.17, 15) is 10.1 Å². The van der Waals surface area contributed by atoms with Crippen LogP contribution >= 0.6 is 0 Å². The number of aromatic nitrogens is 2. The fourth-order valence-electron chi connectivity index (χ4n) is 2.56. The molecule has 0 unspecified atom stereocenters. The van der Waals surface area contributed by atoms with Crippen molar-refractivity contribution in [1.82, 2.24) is 9.97 Å². The molecule has 1 fully saturated rings. The van der Waals surface area contributed by atoms with Crippen molar-refractivity contribution in [1.29, 1.82) is 0 Å². The van der Waals surface area contributed by atoms with Crippen molar-refractivity contribution in [3.05, 3.63) is 51.7 Å². The molecule has 2 aromatic rings. The van der Waals surface area contributed by atoms with Crippen LogP contribution in [0.1, 0.15) is 50.3 Å². The van der Waals surface area contributed by atoms with E-state index in [0.29, 0.717) is 29.8 Å². The summed E-state index contributed by atoms with van der Waals surface area (Å²) in [6.45, 7) is 4.55. The summed E-state index contributed by atoms with van der Waals surface area (Å²) in [5.74, 6) is 1.82. The summed E-state index contributed by atoms with van der Waals surface area (Å²) in [5.41, 5.74) is 1.78. The van der Waals surface area contributed by atoms with Crippen LogP contribution in [0.3, 0.4) is 0 Å². The van der Waals surface area contributed by atoms with Crippen LogP contribution in [0.15, 0.2) is 30.3 Å². The molecule has 7 heteroatoms. The monoisotopic (exact) mass is 341 g/mol. The third-order valence-electron chi connectivity index (χ3n) is 4.38. The highest BCUT2D eigenvalue weighted by molar-refractivity contribution is 5.47. The van der Waals surface area contributed by atoms with Crippen molar-refractivity contribution >= 4 is 17.5 Å². The summed E-state index contributed by atoms with van der Waals surface area (Å²) in [4.78, 5) is 19.9. The minimum atomic E-state index is -0.359. The quantitative estimate of drug-likeness (QED) is 0.555. The predicted octanol–water partition coefficient (Wildman–Crippen LogP) is 4.08. The van der Waals surface area contributed by atoms with Crippen LogP contribution in [0, 0.1) is 10.1 Å². The minimum absolute atomic E-state index is 0.115. The van der Waals surface area contributed by atoms with E-state index in [1.54, 1.807) is 18.2 Å². The lowest BCUT2D eigenvalue weighted by Crippen LogP contribution is -2.17. The molecule has 3 rings (SSSR count). The summed E-state index contributed by atoms with van der Waals surface area (Å²) in [6.07, 6.45) is 3.29. The zero-order valence-corrected chi connectivity index (χ0v) is 14.5. The van der Waals surface area contributed by atoms with Gasteiger partial charge in [0.2, 0.25) is 5.95 Å². The fourth-order valence-corrected chi connectivity index (χ4v) is 2.56. The maximum atomic E-state index is 11.1. The van der Waals surface area contributed by atoms with Gasteiger partial charge in [0, 0.05) is 36.2 Å². The Kier molecular flexibility index (Phi) is 5.11. The lowest BCUT2D eigenvalue weighted by atomic mass is 10.2. The average molecular weight is 341 g/mol. The molecule has 1 saturated carbocycles. The Morgan fingerprint density at radius 3 is 2.76 bits per heavy atom. The van der Waals surface area contributed by atoms with Crippen molar-refractivity contribution < 1.29 is 4.92 Å². The molecule has 25 heavy (non-hydrogen) atoms. The van der Waals surface area contributed by atoms with E-state index < -0.39 is 0 Å². The highest BCUT2D eigenvalue weighted by Gasteiger charge is 2.26. The molecule has 1 aliphatic rings.